The largest absolute Gasteiger partial charge is 0.493 e. The summed E-state index contributed by atoms with van der Waals surface area (Å²) >= 11 is 0. The van der Waals surface area contributed by atoms with Crippen LogP contribution in [0.3, 0.4) is 0 Å². The van der Waals surface area contributed by atoms with E-state index in [9.17, 15) is 4.79 Å². The van der Waals surface area contributed by atoms with E-state index in [4.69, 9.17) is 13.9 Å². The SMILES string of the molecule is COc1cc(/C=C/C=O)ccc1OCc1nc(-c2ccccc2)oc1C. The Morgan fingerprint density at radius 1 is 1.12 bits per heavy atom. The molecule has 5 heteroatoms. The molecule has 0 bridgehead atoms. The average molecular weight is 349 g/mol. The molecule has 0 N–H and O–H groups in total. The van der Waals surface area contributed by atoms with Crippen LogP contribution in [-0.4, -0.2) is 18.4 Å². The van der Waals surface area contributed by atoms with Crippen LogP contribution in [0.2, 0.25) is 0 Å². The van der Waals surface area contributed by atoms with E-state index in [0.717, 1.165) is 23.1 Å². The van der Waals surface area contributed by atoms with Gasteiger partial charge in [-0.05, 0) is 42.8 Å². The molecule has 132 valence electrons. The second kappa shape index (κ2) is 8.16. The van der Waals surface area contributed by atoms with Gasteiger partial charge in [0.1, 0.15) is 24.3 Å². The maximum absolute atomic E-state index is 10.4. The van der Waals surface area contributed by atoms with E-state index in [1.54, 1.807) is 25.3 Å². The summed E-state index contributed by atoms with van der Waals surface area (Å²) in [6, 6.07) is 15.2. The van der Waals surface area contributed by atoms with Crippen LogP contribution in [0.25, 0.3) is 17.5 Å². The highest BCUT2D eigenvalue weighted by Crippen LogP contribution is 2.30. The fourth-order valence-electron chi connectivity index (χ4n) is 2.47. The van der Waals surface area contributed by atoms with Crippen molar-refractivity contribution in [2.75, 3.05) is 7.11 Å². The lowest BCUT2D eigenvalue weighted by atomic mass is 10.2. The number of aryl methyl sites for hydroxylation is 1. The van der Waals surface area contributed by atoms with Gasteiger partial charge < -0.3 is 13.9 Å². The zero-order valence-corrected chi connectivity index (χ0v) is 14.6. The predicted octanol–water partition coefficient (Wildman–Crippen LogP) is 4.45. The highest BCUT2D eigenvalue weighted by atomic mass is 16.5. The molecule has 0 fully saturated rings. The fourth-order valence-corrected chi connectivity index (χ4v) is 2.47. The van der Waals surface area contributed by atoms with Gasteiger partial charge in [-0.1, -0.05) is 30.3 Å². The first-order valence-electron chi connectivity index (χ1n) is 8.15. The molecule has 26 heavy (non-hydrogen) atoms. The maximum Gasteiger partial charge on any atom is 0.226 e. The number of aromatic nitrogens is 1. The van der Waals surface area contributed by atoms with E-state index in [0.29, 0.717) is 23.1 Å². The normalized spacial score (nSPS) is 10.8. The van der Waals surface area contributed by atoms with Crippen LogP contribution in [0.5, 0.6) is 11.5 Å². The van der Waals surface area contributed by atoms with Crippen LogP contribution < -0.4 is 9.47 Å². The minimum absolute atomic E-state index is 0.266. The summed E-state index contributed by atoms with van der Waals surface area (Å²) in [7, 11) is 1.57. The summed E-state index contributed by atoms with van der Waals surface area (Å²) in [5.74, 6) is 2.47. The molecule has 0 spiro atoms. The molecular weight excluding hydrogens is 330 g/mol. The van der Waals surface area contributed by atoms with Crippen LogP contribution in [0.4, 0.5) is 0 Å². The summed E-state index contributed by atoms with van der Waals surface area (Å²) in [6.45, 7) is 2.13. The first kappa shape index (κ1) is 17.5. The summed E-state index contributed by atoms with van der Waals surface area (Å²) < 4.78 is 17.0. The van der Waals surface area contributed by atoms with Crippen molar-refractivity contribution in [3.05, 3.63) is 71.6 Å². The van der Waals surface area contributed by atoms with Gasteiger partial charge in [-0.2, -0.15) is 0 Å². The van der Waals surface area contributed by atoms with Gasteiger partial charge in [-0.3, -0.25) is 4.79 Å². The summed E-state index contributed by atoms with van der Waals surface area (Å²) in [5, 5.41) is 0. The number of ether oxygens (including phenoxy) is 2. The third-order valence-electron chi connectivity index (χ3n) is 3.83. The van der Waals surface area contributed by atoms with E-state index in [-0.39, 0.29) is 6.61 Å². The number of hydrogen-bond acceptors (Lipinski definition) is 5. The molecule has 2 aromatic carbocycles. The molecule has 3 rings (SSSR count). The van der Waals surface area contributed by atoms with Crippen molar-refractivity contribution in [3.8, 4) is 23.0 Å². The van der Waals surface area contributed by atoms with Gasteiger partial charge in [-0.25, -0.2) is 4.98 Å². The quantitative estimate of drug-likeness (QED) is 0.466. The Hall–Kier alpha value is -3.34. The minimum atomic E-state index is 0.266. The van der Waals surface area contributed by atoms with Crippen molar-refractivity contribution in [1.82, 2.24) is 4.98 Å². The number of hydrogen-bond donors (Lipinski definition) is 0. The first-order chi connectivity index (χ1) is 12.7. The number of carbonyl (C=O) groups is 1. The van der Waals surface area contributed by atoms with Gasteiger partial charge >= 0.3 is 0 Å². The number of aldehydes is 1. The van der Waals surface area contributed by atoms with E-state index in [1.807, 2.05) is 43.3 Å². The van der Waals surface area contributed by atoms with Crippen molar-refractivity contribution in [3.63, 3.8) is 0 Å². The van der Waals surface area contributed by atoms with E-state index in [2.05, 4.69) is 4.98 Å². The van der Waals surface area contributed by atoms with Crippen LogP contribution in [0.15, 0.2) is 59.0 Å². The van der Waals surface area contributed by atoms with Gasteiger partial charge in [0.2, 0.25) is 5.89 Å². The molecule has 0 saturated heterocycles. The fraction of sp³-hybridized carbons (Fsp3) is 0.143. The number of methoxy groups -OCH3 is 1. The lowest BCUT2D eigenvalue weighted by molar-refractivity contribution is -0.104. The Morgan fingerprint density at radius 2 is 1.92 bits per heavy atom. The van der Waals surface area contributed by atoms with Crippen molar-refractivity contribution in [1.29, 1.82) is 0 Å². The van der Waals surface area contributed by atoms with Crippen LogP contribution >= 0.6 is 0 Å². The number of carbonyl (C=O) groups excluding carboxylic acids is 1. The third-order valence-corrected chi connectivity index (χ3v) is 3.83. The summed E-state index contributed by atoms with van der Waals surface area (Å²) in [6.07, 6.45) is 3.86. The molecule has 0 aliphatic heterocycles. The van der Waals surface area contributed by atoms with Gasteiger partial charge in [0.25, 0.3) is 0 Å². The molecule has 0 atom stereocenters. The average Bonchev–Trinajstić information content (AvgIpc) is 3.06. The zero-order valence-electron chi connectivity index (χ0n) is 14.6. The lowest BCUT2D eigenvalue weighted by Crippen LogP contribution is -1.99. The molecule has 0 radical (unpaired) electrons. The van der Waals surface area contributed by atoms with Crippen molar-refractivity contribution >= 4 is 12.4 Å². The number of allylic oxidation sites excluding steroid dienone is 1. The standard InChI is InChI=1S/C21H19NO4/c1-15-18(22-21(26-15)17-8-4-3-5-9-17)14-25-19-11-10-16(7-6-12-23)13-20(19)24-2/h3-13H,14H2,1-2H3/b7-6+. The van der Waals surface area contributed by atoms with Crippen molar-refractivity contribution in [2.24, 2.45) is 0 Å². The van der Waals surface area contributed by atoms with Gasteiger partial charge in [0.15, 0.2) is 11.5 Å². The molecule has 0 aliphatic rings. The van der Waals surface area contributed by atoms with Gasteiger partial charge in [-0.15, -0.1) is 0 Å². The molecule has 0 saturated carbocycles. The predicted molar refractivity (Wildman–Crippen MR) is 99.1 cm³/mol. The molecule has 0 unspecified atom stereocenters. The Kier molecular flexibility index (Phi) is 5.49. The van der Waals surface area contributed by atoms with Gasteiger partial charge in [0, 0.05) is 5.56 Å². The summed E-state index contributed by atoms with van der Waals surface area (Å²) in [4.78, 5) is 15.0. The topological polar surface area (TPSA) is 61.6 Å². The van der Waals surface area contributed by atoms with Crippen LogP contribution in [-0.2, 0) is 11.4 Å². The molecule has 0 amide bonds. The number of oxazole rings is 1. The summed E-state index contributed by atoms with van der Waals surface area (Å²) in [5.41, 5.74) is 2.51. The zero-order chi connectivity index (χ0) is 18.4. The van der Waals surface area contributed by atoms with Gasteiger partial charge in [0.05, 0.1) is 7.11 Å². The van der Waals surface area contributed by atoms with Crippen molar-refractivity contribution < 1.29 is 18.7 Å². The molecule has 0 aliphatic carbocycles. The van der Waals surface area contributed by atoms with E-state index >= 15 is 0 Å². The van der Waals surface area contributed by atoms with Crippen LogP contribution in [0.1, 0.15) is 17.0 Å². The molecular formula is C21H19NO4. The third kappa shape index (κ3) is 4.00. The Labute approximate surface area is 151 Å². The first-order valence-corrected chi connectivity index (χ1v) is 8.15. The minimum Gasteiger partial charge on any atom is -0.493 e. The van der Waals surface area contributed by atoms with Crippen molar-refractivity contribution in [2.45, 2.75) is 13.5 Å². The highest BCUT2D eigenvalue weighted by Gasteiger charge is 2.13. The second-order valence-corrected chi connectivity index (χ2v) is 5.58. The smallest absolute Gasteiger partial charge is 0.226 e. The highest BCUT2D eigenvalue weighted by molar-refractivity contribution is 5.74. The Morgan fingerprint density at radius 3 is 2.65 bits per heavy atom. The Bertz CT molecular complexity index is 913. The lowest BCUT2D eigenvalue weighted by Gasteiger charge is -2.10. The molecule has 1 heterocycles. The van der Waals surface area contributed by atoms with E-state index in [1.165, 1.54) is 6.08 Å². The Balaban J connectivity index is 1.76. The number of benzene rings is 2. The monoisotopic (exact) mass is 349 g/mol. The maximum atomic E-state index is 10.4. The van der Waals surface area contributed by atoms with Crippen LogP contribution in [0, 0.1) is 6.92 Å². The number of nitrogens with zero attached hydrogens (tertiary/aromatic N) is 1. The molecule has 5 nitrogen and oxygen atoms in total. The number of rotatable bonds is 7. The molecule has 1 aromatic heterocycles. The van der Waals surface area contributed by atoms with E-state index < -0.39 is 0 Å². The molecule has 3 aromatic rings. The second-order valence-electron chi connectivity index (χ2n) is 5.58.